The predicted octanol–water partition coefficient (Wildman–Crippen LogP) is 4.12. The molecule has 2 aromatic heterocycles. The van der Waals surface area contributed by atoms with E-state index in [9.17, 15) is 9.59 Å². The number of nitrogens with zero attached hydrogens (tertiary/aromatic N) is 2. The van der Waals surface area contributed by atoms with Gasteiger partial charge in [0.1, 0.15) is 11.5 Å². The Morgan fingerprint density at radius 3 is 2.35 bits per heavy atom. The topological polar surface area (TPSA) is 76.0 Å². The second kappa shape index (κ2) is 8.83. The number of para-hydroxylation sites is 2. The van der Waals surface area contributed by atoms with Crippen molar-refractivity contribution < 1.29 is 4.79 Å². The van der Waals surface area contributed by atoms with E-state index in [4.69, 9.17) is 4.98 Å². The lowest BCUT2D eigenvalue weighted by Gasteiger charge is -2.19. The van der Waals surface area contributed by atoms with E-state index in [2.05, 4.69) is 10.6 Å². The standard InChI is InChI=1S/C25H24N4O2/c1-17-18(13-14-24(31)26-2)15-21-22(30)16-23(28-19-9-5-3-6-10-19)29(25(21)27-17)20-11-7-4-8-12-20/h3-12,15-16,28H,13-14H2,1-2H3,(H,26,31). The van der Waals surface area contributed by atoms with Gasteiger partial charge in [0.2, 0.25) is 5.91 Å². The summed E-state index contributed by atoms with van der Waals surface area (Å²) in [6, 6.07) is 23.0. The lowest BCUT2D eigenvalue weighted by atomic mass is 10.1. The van der Waals surface area contributed by atoms with Crippen LogP contribution in [-0.4, -0.2) is 22.5 Å². The summed E-state index contributed by atoms with van der Waals surface area (Å²) >= 11 is 0. The van der Waals surface area contributed by atoms with E-state index in [-0.39, 0.29) is 11.3 Å². The van der Waals surface area contributed by atoms with Gasteiger partial charge in [-0.1, -0.05) is 36.4 Å². The molecule has 2 heterocycles. The van der Waals surface area contributed by atoms with Gasteiger partial charge in [0, 0.05) is 36.6 Å². The fraction of sp³-hybridized carbons (Fsp3) is 0.160. The minimum atomic E-state index is -0.116. The molecule has 1 amide bonds. The van der Waals surface area contributed by atoms with Crippen molar-refractivity contribution in [3.05, 3.63) is 94.3 Å². The maximum Gasteiger partial charge on any atom is 0.220 e. The fourth-order valence-electron chi connectivity index (χ4n) is 3.59. The maximum atomic E-state index is 13.1. The van der Waals surface area contributed by atoms with Gasteiger partial charge in [-0.05, 0) is 49.2 Å². The van der Waals surface area contributed by atoms with Crippen molar-refractivity contribution >= 4 is 28.4 Å². The molecular formula is C25H24N4O2. The van der Waals surface area contributed by atoms with Gasteiger partial charge >= 0.3 is 0 Å². The Hall–Kier alpha value is -3.93. The van der Waals surface area contributed by atoms with Gasteiger partial charge < -0.3 is 10.6 Å². The second-order valence-corrected chi connectivity index (χ2v) is 7.33. The lowest BCUT2D eigenvalue weighted by Crippen LogP contribution is -2.18. The van der Waals surface area contributed by atoms with Gasteiger partial charge in [0.15, 0.2) is 5.43 Å². The van der Waals surface area contributed by atoms with Crippen molar-refractivity contribution in [2.45, 2.75) is 19.8 Å². The molecule has 0 saturated heterocycles. The number of carbonyl (C=O) groups excluding carboxylic acids is 1. The van der Waals surface area contributed by atoms with Crippen LogP contribution in [0.15, 0.2) is 77.6 Å². The fourth-order valence-corrected chi connectivity index (χ4v) is 3.59. The van der Waals surface area contributed by atoms with Crippen molar-refractivity contribution in [1.82, 2.24) is 14.9 Å². The molecule has 156 valence electrons. The highest BCUT2D eigenvalue weighted by molar-refractivity contribution is 5.82. The van der Waals surface area contributed by atoms with Crippen LogP contribution in [0.2, 0.25) is 0 Å². The summed E-state index contributed by atoms with van der Waals surface area (Å²) in [4.78, 5) is 29.5. The van der Waals surface area contributed by atoms with Crippen LogP contribution in [0.5, 0.6) is 0 Å². The summed E-state index contributed by atoms with van der Waals surface area (Å²) < 4.78 is 1.96. The summed E-state index contributed by atoms with van der Waals surface area (Å²) in [5.41, 5.74) is 3.95. The molecule has 0 radical (unpaired) electrons. The SMILES string of the molecule is CNC(=O)CCc1cc2c(=O)cc(Nc3ccccc3)n(-c3ccccc3)c2nc1C. The molecule has 4 rings (SSSR count). The Kier molecular flexibility index (Phi) is 5.80. The van der Waals surface area contributed by atoms with Gasteiger partial charge in [-0.3, -0.25) is 14.2 Å². The van der Waals surface area contributed by atoms with Crippen molar-refractivity contribution in [2.75, 3.05) is 12.4 Å². The van der Waals surface area contributed by atoms with Crippen LogP contribution < -0.4 is 16.1 Å². The molecule has 4 aromatic rings. The number of pyridine rings is 2. The minimum absolute atomic E-state index is 0.0383. The van der Waals surface area contributed by atoms with Gasteiger partial charge in [-0.25, -0.2) is 4.98 Å². The monoisotopic (exact) mass is 412 g/mol. The number of nitrogens with one attached hydrogen (secondary N) is 2. The Labute approximate surface area is 180 Å². The molecule has 0 atom stereocenters. The van der Waals surface area contributed by atoms with Gasteiger partial charge in [0.25, 0.3) is 0 Å². The number of aromatic nitrogens is 2. The average molecular weight is 412 g/mol. The van der Waals surface area contributed by atoms with Crippen LogP contribution in [0, 0.1) is 6.92 Å². The van der Waals surface area contributed by atoms with Crippen LogP contribution in [0.1, 0.15) is 17.7 Å². The maximum absolute atomic E-state index is 13.1. The van der Waals surface area contributed by atoms with Gasteiger partial charge in [0.05, 0.1) is 5.39 Å². The molecule has 0 aliphatic rings. The van der Waals surface area contributed by atoms with E-state index in [1.165, 1.54) is 0 Å². The predicted molar refractivity (Wildman–Crippen MR) is 124 cm³/mol. The summed E-state index contributed by atoms with van der Waals surface area (Å²) in [5.74, 6) is 0.600. The minimum Gasteiger partial charge on any atom is -0.359 e. The quantitative estimate of drug-likeness (QED) is 0.500. The number of rotatable bonds is 6. The second-order valence-electron chi connectivity index (χ2n) is 7.33. The highest BCUT2D eigenvalue weighted by Gasteiger charge is 2.15. The number of hydrogen-bond donors (Lipinski definition) is 2. The smallest absolute Gasteiger partial charge is 0.220 e. The van der Waals surface area contributed by atoms with E-state index >= 15 is 0 Å². The molecule has 31 heavy (non-hydrogen) atoms. The largest absolute Gasteiger partial charge is 0.359 e. The van der Waals surface area contributed by atoms with Crippen LogP contribution in [0.3, 0.4) is 0 Å². The third-order valence-electron chi connectivity index (χ3n) is 5.24. The van der Waals surface area contributed by atoms with Crippen molar-refractivity contribution in [2.24, 2.45) is 0 Å². The molecular weight excluding hydrogens is 388 g/mol. The Bertz CT molecular complexity index is 1280. The highest BCUT2D eigenvalue weighted by Crippen LogP contribution is 2.25. The molecule has 0 aliphatic carbocycles. The molecule has 2 N–H and O–H groups in total. The van der Waals surface area contributed by atoms with Crippen LogP contribution in [-0.2, 0) is 11.2 Å². The Balaban J connectivity index is 1.90. The van der Waals surface area contributed by atoms with E-state index in [1.807, 2.05) is 78.2 Å². The first-order valence-electron chi connectivity index (χ1n) is 10.2. The summed E-state index contributed by atoms with van der Waals surface area (Å²) in [6.07, 6.45) is 0.883. The summed E-state index contributed by atoms with van der Waals surface area (Å²) in [7, 11) is 1.62. The molecule has 0 spiro atoms. The van der Waals surface area contributed by atoms with Crippen LogP contribution in [0.4, 0.5) is 11.5 Å². The number of fused-ring (bicyclic) bond motifs is 1. The number of amides is 1. The number of benzene rings is 2. The Morgan fingerprint density at radius 1 is 1.00 bits per heavy atom. The van der Waals surface area contributed by atoms with Gasteiger partial charge in [-0.15, -0.1) is 0 Å². The zero-order valence-corrected chi connectivity index (χ0v) is 17.6. The molecule has 0 aliphatic heterocycles. The van der Waals surface area contributed by atoms with Gasteiger partial charge in [-0.2, -0.15) is 0 Å². The van der Waals surface area contributed by atoms with Crippen molar-refractivity contribution in [3.8, 4) is 5.69 Å². The van der Waals surface area contributed by atoms with Crippen molar-refractivity contribution in [1.29, 1.82) is 0 Å². The van der Waals surface area contributed by atoms with Crippen LogP contribution in [0.25, 0.3) is 16.7 Å². The highest BCUT2D eigenvalue weighted by atomic mass is 16.1. The Morgan fingerprint density at radius 2 is 1.68 bits per heavy atom. The van der Waals surface area contributed by atoms with E-state index in [0.29, 0.717) is 29.7 Å². The molecule has 6 heteroatoms. The number of anilines is 2. The number of carbonyl (C=O) groups is 1. The van der Waals surface area contributed by atoms with Crippen molar-refractivity contribution in [3.63, 3.8) is 0 Å². The van der Waals surface area contributed by atoms with Crippen LogP contribution >= 0.6 is 0 Å². The average Bonchev–Trinajstić information content (AvgIpc) is 2.79. The molecule has 6 nitrogen and oxygen atoms in total. The molecule has 0 fully saturated rings. The number of aryl methyl sites for hydroxylation is 2. The third kappa shape index (κ3) is 4.33. The first-order chi connectivity index (χ1) is 15.1. The first kappa shape index (κ1) is 20.3. The summed E-state index contributed by atoms with van der Waals surface area (Å²) in [6.45, 7) is 1.91. The third-order valence-corrected chi connectivity index (χ3v) is 5.24. The first-order valence-corrected chi connectivity index (χ1v) is 10.2. The molecule has 0 unspecified atom stereocenters. The lowest BCUT2D eigenvalue weighted by molar-refractivity contribution is -0.120. The molecule has 0 bridgehead atoms. The molecule has 2 aromatic carbocycles. The molecule has 0 saturated carbocycles. The zero-order valence-electron chi connectivity index (χ0n) is 17.6. The van der Waals surface area contributed by atoms with E-state index in [1.54, 1.807) is 13.1 Å². The number of hydrogen-bond acceptors (Lipinski definition) is 4. The van der Waals surface area contributed by atoms with E-state index in [0.717, 1.165) is 22.6 Å². The van der Waals surface area contributed by atoms with E-state index < -0.39 is 0 Å². The normalized spacial score (nSPS) is 10.8. The summed E-state index contributed by atoms with van der Waals surface area (Å²) in [5, 5.41) is 6.51. The zero-order chi connectivity index (χ0) is 21.8.